The Kier molecular flexibility index (Phi) is 7.27. The molecular weight excluding hydrogens is 298 g/mol. The first-order valence-corrected chi connectivity index (χ1v) is 6.85. The average molecular weight is 318 g/mol. The third kappa shape index (κ3) is 5.82. The van der Waals surface area contributed by atoms with Crippen LogP contribution in [0.2, 0.25) is 0 Å². The SMILES string of the molecule is CCC(CO)NCC(O)COc1ccc(Br)cc1. The van der Waals surface area contributed by atoms with Gasteiger partial charge in [0.25, 0.3) is 0 Å². The standard InChI is InChI=1S/C13H20BrNO3/c1-2-11(8-16)15-7-12(17)9-18-13-5-3-10(14)4-6-13/h3-6,11-12,15-17H,2,7-9H2,1H3. The van der Waals surface area contributed by atoms with E-state index in [2.05, 4.69) is 21.2 Å². The van der Waals surface area contributed by atoms with Gasteiger partial charge in [0.2, 0.25) is 0 Å². The van der Waals surface area contributed by atoms with Crippen LogP contribution in [-0.4, -0.2) is 42.1 Å². The number of hydrogen-bond donors (Lipinski definition) is 3. The smallest absolute Gasteiger partial charge is 0.119 e. The van der Waals surface area contributed by atoms with Gasteiger partial charge in [0.15, 0.2) is 0 Å². The summed E-state index contributed by atoms with van der Waals surface area (Å²) in [6.07, 6.45) is 0.241. The number of nitrogens with one attached hydrogen (secondary N) is 1. The molecule has 0 aliphatic carbocycles. The average Bonchev–Trinajstić information content (AvgIpc) is 2.39. The van der Waals surface area contributed by atoms with Crippen molar-refractivity contribution >= 4 is 15.9 Å². The van der Waals surface area contributed by atoms with Crippen molar-refractivity contribution in [3.8, 4) is 5.75 Å². The molecule has 2 atom stereocenters. The van der Waals surface area contributed by atoms with Gasteiger partial charge in [0.05, 0.1) is 6.61 Å². The molecular formula is C13H20BrNO3. The van der Waals surface area contributed by atoms with Crippen LogP contribution < -0.4 is 10.1 Å². The lowest BCUT2D eigenvalue weighted by Crippen LogP contribution is -2.39. The van der Waals surface area contributed by atoms with Gasteiger partial charge in [-0.2, -0.15) is 0 Å². The fourth-order valence-corrected chi connectivity index (χ4v) is 1.69. The van der Waals surface area contributed by atoms with E-state index in [9.17, 15) is 5.11 Å². The summed E-state index contributed by atoms with van der Waals surface area (Å²) in [6.45, 7) is 2.71. The van der Waals surface area contributed by atoms with E-state index in [0.29, 0.717) is 6.54 Å². The fraction of sp³-hybridized carbons (Fsp3) is 0.538. The van der Waals surface area contributed by atoms with E-state index in [1.54, 1.807) is 0 Å². The zero-order valence-electron chi connectivity index (χ0n) is 10.5. The van der Waals surface area contributed by atoms with Gasteiger partial charge in [-0.3, -0.25) is 0 Å². The fourth-order valence-electron chi connectivity index (χ4n) is 1.42. The highest BCUT2D eigenvalue weighted by molar-refractivity contribution is 9.10. The Morgan fingerprint density at radius 1 is 1.33 bits per heavy atom. The molecule has 0 fully saturated rings. The molecule has 5 heteroatoms. The highest BCUT2D eigenvalue weighted by atomic mass is 79.9. The molecule has 0 amide bonds. The van der Waals surface area contributed by atoms with E-state index >= 15 is 0 Å². The molecule has 1 rings (SSSR count). The number of halogens is 1. The maximum absolute atomic E-state index is 9.73. The van der Waals surface area contributed by atoms with Crippen molar-refractivity contribution in [3.05, 3.63) is 28.7 Å². The second kappa shape index (κ2) is 8.48. The molecule has 0 saturated heterocycles. The molecule has 0 heterocycles. The van der Waals surface area contributed by atoms with Crippen LogP contribution in [0, 0.1) is 0 Å². The second-order valence-corrected chi connectivity index (χ2v) is 5.03. The molecule has 0 saturated carbocycles. The monoisotopic (exact) mass is 317 g/mol. The number of aliphatic hydroxyl groups excluding tert-OH is 2. The van der Waals surface area contributed by atoms with Gasteiger partial charge >= 0.3 is 0 Å². The summed E-state index contributed by atoms with van der Waals surface area (Å²) in [5.41, 5.74) is 0. The Morgan fingerprint density at radius 2 is 2.00 bits per heavy atom. The summed E-state index contributed by atoms with van der Waals surface area (Å²) in [5, 5.41) is 21.8. The topological polar surface area (TPSA) is 61.7 Å². The first-order chi connectivity index (χ1) is 8.65. The van der Waals surface area contributed by atoms with Crippen molar-refractivity contribution in [2.45, 2.75) is 25.5 Å². The van der Waals surface area contributed by atoms with Gasteiger partial charge in [-0.25, -0.2) is 0 Å². The molecule has 0 aromatic heterocycles. The van der Waals surface area contributed by atoms with Gasteiger partial charge in [-0.05, 0) is 30.7 Å². The van der Waals surface area contributed by atoms with E-state index in [1.807, 2.05) is 31.2 Å². The van der Waals surface area contributed by atoms with Crippen molar-refractivity contribution in [3.63, 3.8) is 0 Å². The molecule has 0 aliphatic heterocycles. The molecule has 0 radical (unpaired) electrons. The second-order valence-electron chi connectivity index (χ2n) is 4.11. The summed E-state index contributed by atoms with van der Waals surface area (Å²) in [5.74, 6) is 0.728. The zero-order chi connectivity index (χ0) is 13.4. The molecule has 18 heavy (non-hydrogen) atoms. The molecule has 1 aromatic carbocycles. The first kappa shape index (κ1) is 15.4. The summed E-state index contributed by atoms with van der Waals surface area (Å²) < 4.78 is 6.44. The van der Waals surface area contributed by atoms with Crippen LogP contribution in [0.5, 0.6) is 5.75 Å². The highest BCUT2D eigenvalue weighted by Gasteiger charge is 2.09. The van der Waals surface area contributed by atoms with Crippen molar-refractivity contribution in [1.29, 1.82) is 0 Å². The Balaban J connectivity index is 2.24. The minimum atomic E-state index is -0.589. The van der Waals surface area contributed by atoms with E-state index in [0.717, 1.165) is 16.6 Å². The lowest BCUT2D eigenvalue weighted by Gasteiger charge is -2.17. The van der Waals surface area contributed by atoms with Gasteiger partial charge in [-0.15, -0.1) is 0 Å². The van der Waals surface area contributed by atoms with Crippen molar-refractivity contribution in [2.24, 2.45) is 0 Å². The lowest BCUT2D eigenvalue weighted by molar-refractivity contribution is 0.0995. The number of benzene rings is 1. The number of hydrogen-bond acceptors (Lipinski definition) is 4. The van der Waals surface area contributed by atoms with Gasteiger partial charge in [0, 0.05) is 17.1 Å². The molecule has 3 N–H and O–H groups in total. The number of ether oxygens (including phenoxy) is 1. The summed E-state index contributed by atoms with van der Waals surface area (Å²) in [7, 11) is 0. The maximum atomic E-state index is 9.73. The van der Waals surface area contributed by atoms with Gasteiger partial charge in [-0.1, -0.05) is 22.9 Å². The van der Waals surface area contributed by atoms with Gasteiger partial charge < -0.3 is 20.3 Å². The van der Waals surface area contributed by atoms with Crippen LogP contribution in [0.4, 0.5) is 0 Å². The molecule has 0 bridgehead atoms. The Bertz CT molecular complexity index is 328. The highest BCUT2D eigenvalue weighted by Crippen LogP contribution is 2.16. The minimum Gasteiger partial charge on any atom is -0.491 e. The molecule has 2 unspecified atom stereocenters. The first-order valence-electron chi connectivity index (χ1n) is 6.06. The zero-order valence-corrected chi connectivity index (χ0v) is 12.1. The predicted molar refractivity (Wildman–Crippen MR) is 74.8 cm³/mol. The summed E-state index contributed by atoms with van der Waals surface area (Å²) in [6, 6.07) is 7.49. The molecule has 102 valence electrons. The van der Waals surface area contributed by atoms with Crippen LogP contribution >= 0.6 is 15.9 Å². The predicted octanol–water partition coefficient (Wildman–Crippen LogP) is 1.55. The Morgan fingerprint density at radius 3 is 2.56 bits per heavy atom. The van der Waals surface area contributed by atoms with Crippen LogP contribution in [0.15, 0.2) is 28.7 Å². The molecule has 0 spiro atoms. The number of rotatable bonds is 8. The van der Waals surface area contributed by atoms with Crippen LogP contribution in [0.25, 0.3) is 0 Å². The largest absolute Gasteiger partial charge is 0.491 e. The Labute approximate surface area is 116 Å². The summed E-state index contributed by atoms with van der Waals surface area (Å²) >= 11 is 3.34. The van der Waals surface area contributed by atoms with Gasteiger partial charge in [0.1, 0.15) is 18.5 Å². The molecule has 1 aromatic rings. The van der Waals surface area contributed by atoms with E-state index in [-0.39, 0.29) is 19.3 Å². The van der Waals surface area contributed by atoms with Crippen LogP contribution in [0.1, 0.15) is 13.3 Å². The van der Waals surface area contributed by atoms with Crippen molar-refractivity contribution in [1.82, 2.24) is 5.32 Å². The van der Waals surface area contributed by atoms with Crippen molar-refractivity contribution < 1.29 is 14.9 Å². The van der Waals surface area contributed by atoms with Crippen LogP contribution in [0.3, 0.4) is 0 Å². The van der Waals surface area contributed by atoms with Crippen LogP contribution in [-0.2, 0) is 0 Å². The van der Waals surface area contributed by atoms with E-state index in [1.165, 1.54) is 0 Å². The quantitative estimate of drug-likeness (QED) is 0.681. The molecule has 4 nitrogen and oxygen atoms in total. The maximum Gasteiger partial charge on any atom is 0.119 e. The van der Waals surface area contributed by atoms with E-state index < -0.39 is 6.10 Å². The normalized spacial score (nSPS) is 14.2. The Hall–Kier alpha value is -0.620. The van der Waals surface area contributed by atoms with E-state index in [4.69, 9.17) is 9.84 Å². The lowest BCUT2D eigenvalue weighted by atomic mass is 10.2. The third-order valence-corrected chi connectivity index (χ3v) is 3.14. The number of aliphatic hydroxyl groups is 2. The third-order valence-electron chi connectivity index (χ3n) is 2.61. The minimum absolute atomic E-state index is 0.0346. The summed E-state index contributed by atoms with van der Waals surface area (Å²) in [4.78, 5) is 0. The molecule has 0 aliphatic rings. The van der Waals surface area contributed by atoms with Crippen molar-refractivity contribution in [2.75, 3.05) is 19.8 Å².